The van der Waals surface area contributed by atoms with Crippen LogP contribution in [0, 0.1) is 11.3 Å². The van der Waals surface area contributed by atoms with E-state index in [0.29, 0.717) is 0 Å². The summed E-state index contributed by atoms with van der Waals surface area (Å²) in [6.07, 6.45) is -0.0745. The van der Waals surface area contributed by atoms with Gasteiger partial charge in [0.25, 0.3) is 0 Å². The van der Waals surface area contributed by atoms with Gasteiger partial charge < -0.3 is 9.31 Å². The van der Waals surface area contributed by atoms with Crippen LogP contribution in [-0.4, -0.2) is 7.12 Å². The summed E-state index contributed by atoms with van der Waals surface area (Å²) in [6, 6.07) is 31.5. The van der Waals surface area contributed by atoms with E-state index < -0.39 is 12.7 Å². The molecule has 1 saturated heterocycles. The molecule has 1 fully saturated rings. The molecule has 3 heteroatoms. The van der Waals surface area contributed by atoms with Crippen molar-refractivity contribution in [2.24, 2.45) is 11.3 Å². The van der Waals surface area contributed by atoms with Crippen molar-refractivity contribution in [1.29, 1.82) is 0 Å². The van der Waals surface area contributed by atoms with Crippen molar-refractivity contribution in [3.63, 3.8) is 0 Å². The van der Waals surface area contributed by atoms with Gasteiger partial charge in [0.15, 0.2) is 0 Å². The third-order valence-electron chi connectivity index (χ3n) is 6.18. The van der Waals surface area contributed by atoms with Gasteiger partial charge in [0, 0.05) is 5.92 Å². The van der Waals surface area contributed by atoms with Gasteiger partial charge in [-0.1, -0.05) is 119 Å². The molecule has 2 nitrogen and oxygen atoms in total. The second-order valence-electron chi connectivity index (χ2n) is 8.97. The molecular weight excluding hydrogens is 355 g/mol. The molecule has 1 aliphatic heterocycles. The highest BCUT2D eigenvalue weighted by molar-refractivity contribution is 6.61. The topological polar surface area (TPSA) is 18.5 Å². The molecule has 0 aromatic heterocycles. The van der Waals surface area contributed by atoms with Crippen LogP contribution in [-0.2, 0) is 14.9 Å². The van der Waals surface area contributed by atoms with Crippen LogP contribution in [0.1, 0.15) is 44.9 Å². The van der Waals surface area contributed by atoms with Gasteiger partial charge in [-0.15, -0.1) is 0 Å². The van der Waals surface area contributed by atoms with Gasteiger partial charge in [-0.2, -0.15) is 0 Å². The van der Waals surface area contributed by atoms with Crippen molar-refractivity contribution in [2.45, 2.75) is 39.4 Å². The van der Waals surface area contributed by atoms with Crippen LogP contribution in [0.5, 0.6) is 0 Å². The molecule has 148 valence electrons. The van der Waals surface area contributed by atoms with Gasteiger partial charge in [-0.05, 0) is 22.0 Å². The van der Waals surface area contributed by atoms with E-state index in [4.69, 9.17) is 9.31 Å². The van der Waals surface area contributed by atoms with E-state index in [2.05, 4.69) is 100 Å². The van der Waals surface area contributed by atoms with E-state index in [1.54, 1.807) is 0 Å². The minimum absolute atomic E-state index is 0.0745. The van der Waals surface area contributed by atoms with Crippen molar-refractivity contribution in [2.75, 3.05) is 0 Å². The molecule has 0 N–H and O–H groups in total. The molecule has 0 bridgehead atoms. The lowest BCUT2D eigenvalue weighted by Gasteiger charge is -2.56. The fourth-order valence-corrected chi connectivity index (χ4v) is 4.84. The van der Waals surface area contributed by atoms with Gasteiger partial charge in [0.1, 0.15) is 0 Å². The summed E-state index contributed by atoms with van der Waals surface area (Å²) in [5.74, 6) is 0.118. The molecule has 1 aliphatic rings. The molecule has 0 amide bonds. The second-order valence-corrected chi connectivity index (χ2v) is 8.97. The van der Waals surface area contributed by atoms with Gasteiger partial charge in [-0.3, -0.25) is 0 Å². The summed E-state index contributed by atoms with van der Waals surface area (Å²) < 4.78 is 13.6. The molecule has 0 aliphatic carbocycles. The average Bonchev–Trinajstić information content (AvgIpc) is 2.75. The average molecular weight is 384 g/mol. The molecule has 0 radical (unpaired) electrons. The maximum atomic E-state index is 6.95. The van der Waals surface area contributed by atoms with E-state index in [9.17, 15) is 0 Å². The Balaban J connectivity index is 1.90. The highest BCUT2D eigenvalue weighted by Gasteiger charge is 2.57. The van der Waals surface area contributed by atoms with Crippen molar-refractivity contribution in [3.8, 4) is 0 Å². The fraction of sp³-hybridized carbons (Fsp3) is 0.308. The third-order valence-corrected chi connectivity index (χ3v) is 6.18. The van der Waals surface area contributed by atoms with E-state index >= 15 is 0 Å². The lowest BCUT2D eigenvalue weighted by atomic mass is 9.59. The minimum atomic E-state index is -0.506. The summed E-state index contributed by atoms with van der Waals surface area (Å²) >= 11 is 0. The number of hydrogen-bond donors (Lipinski definition) is 0. The van der Waals surface area contributed by atoms with Crippen molar-refractivity contribution in [1.82, 2.24) is 0 Å². The standard InChI is InChI=1S/C26H29BO2/c1-20-24(21-14-8-5-9-15-21)28-27(23-18-12-7-13-19-23)29-26(20,25(2,3)4)22-16-10-6-11-17-22/h5-20,24H,1-4H3/t20-,24-,26+/m1/s1. The smallest absolute Gasteiger partial charge is 0.400 e. The van der Waals surface area contributed by atoms with E-state index in [1.807, 2.05) is 18.2 Å². The summed E-state index contributed by atoms with van der Waals surface area (Å²) in [7, 11) is -0.433. The molecular formula is C26H29BO2. The Bertz CT molecular complexity index is 921. The first-order valence-electron chi connectivity index (χ1n) is 10.4. The second kappa shape index (κ2) is 7.81. The quantitative estimate of drug-likeness (QED) is 0.536. The van der Waals surface area contributed by atoms with Crippen LogP contribution >= 0.6 is 0 Å². The molecule has 1 heterocycles. The Kier molecular flexibility index (Phi) is 5.37. The molecule has 0 saturated carbocycles. The Morgan fingerprint density at radius 3 is 1.83 bits per heavy atom. The van der Waals surface area contributed by atoms with E-state index in [1.165, 1.54) is 11.1 Å². The van der Waals surface area contributed by atoms with Crippen molar-refractivity contribution < 1.29 is 9.31 Å². The zero-order valence-electron chi connectivity index (χ0n) is 17.7. The number of hydrogen-bond acceptors (Lipinski definition) is 2. The zero-order valence-corrected chi connectivity index (χ0v) is 17.7. The first kappa shape index (κ1) is 19.9. The minimum Gasteiger partial charge on any atom is -0.400 e. The monoisotopic (exact) mass is 384 g/mol. The zero-order chi connectivity index (χ0) is 20.5. The molecule has 3 aromatic carbocycles. The Morgan fingerprint density at radius 2 is 1.28 bits per heavy atom. The van der Waals surface area contributed by atoms with E-state index in [0.717, 1.165) is 5.46 Å². The molecule has 0 unspecified atom stereocenters. The maximum Gasteiger partial charge on any atom is 0.495 e. The molecule has 4 rings (SSSR count). The van der Waals surface area contributed by atoms with Gasteiger partial charge >= 0.3 is 7.12 Å². The normalized spacial score (nSPS) is 25.0. The van der Waals surface area contributed by atoms with Crippen molar-refractivity contribution >= 4 is 12.6 Å². The Labute approximate surface area is 175 Å². The van der Waals surface area contributed by atoms with Gasteiger partial charge in [-0.25, -0.2) is 0 Å². The highest BCUT2D eigenvalue weighted by Crippen LogP contribution is 2.55. The molecule has 3 aromatic rings. The molecule has 29 heavy (non-hydrogen) atoms. The number of rotatable bonds is 3. The van der Waals surface area contributed by atoms with Gasteiger partial charge in [0.2, 0.25) is 0 Å². The lowest BCUT2D eigenvalue weighted by molar-refractivity contribution is -0.165. The van der Waals surface area contributed by atoms with Crippen LogP contribution in [0.25, 0.3) is 0 Å². The van der Waals surface area contributed by atoms with E-state index in [-0.39, 0.29) is 17.4 Å². The highest BCUT2D eigenvalue weighted by atomic mass is 16.6. The molecule has 3 atom stereocenters. The summed E-state index contributed by atoms with van der Waals surface area (Å²) in [5, 5.41) is 0. The summed E-state index contributed by atoms with van der Waals surface area (Å²) in [4.78, 5) is 0. The summed E-state index contributed by atoms with van der Waals surface area (Å²) in [6.45, 7) is 9.07. The van der Waals surface area contributed by atoms with Crippen LogP contribution in [0.2, 0.25) is 0 Å². The Hall–Kier alpha value is -2.36. The lowest BCUT2D eigenvalue weighted by Crippen LogP contribution is -2.60. The molecule has 0 spiro atoms. The van der Waals surface area contributed by atoms with Crippen LogP contribution in [0.3, 0.4) is 0 Å². The first-order chi connectivity index (χ1) is 13.9. The van der Waals surface area contributed by atoms with Crippen LogP contribution in [0.4, 0.5) is 0 Å². The van der Waals surface area contributed by atoms with Gasteiger partial charge in [0.05, 0.1) is 11.7 Å². The number of benzene rings is 3. The Morgan fingerprint density at radius 1 is 0.759 bits per heavy atom. The first-order valence-corrected chi connectivity index (χ1v) is 10.4. The third kappa shape index (κ3) is 3.54. The summed E-state index contributed by atoms with van der Waals surface area (Å²) in [5.41, 5.74) is 2.79. The predicted octanol–water partition coefficient (Wildman–Crippen LogP) is 5.75. The SMILES string of the molecule is C[C@@H]1[C@H](c2ccccc2)OB(c2ccccc2)O[C@@]1(c1ccccc1)C(C)(C)C. The van der Waals surface area contributed by atoms with Crippen LogP contribution in [0.15, 0.2) is 91.0 Å². The van der Waals surface area contributed by atoms with Crippen LogP contribution < -0.4 is 5.46 Å². The largest absolute Gasteiger partial charge is 0.495 e. The fourth-order valence-electron chi connectivity index (χ4n) is 4.84. The van der Waals surface area contributed by atoms with Crippen molar-refractivity contribution in [3.05, 3.63) is 102 Å². The maximum absolute atomic E-state index is 6.95. The predicted molar refractivity (Wildman–Crippen MR) is 120 cm³/mol.